The summed E-state index contributed by atoms with van der Waals surface area (Å²) < 4.78 is 0. The first kappa shape index (κ1) is 16.4. The van der Waals surface area contributed by atoms with E-state index >= 15 is 0 Å². The van der Waals surface area contributed by atoms with Crippen molar-refractivity contribution in [2.75, 3.05) is 25.4 Å². The lowest BCUT2D eigenvalue weighted by atomic mass is 10.2. The molecule has 4 heteroatoms. The zero-order chi connectivity index (χ0) is 15.1. The predicted molar refractivity (Wildman–Crippen MR) is 90.6 cm³/mol. The summed E-state index contributed by atoms with van der Waals surface area (Å²) in [5.41, 5.74) is 2.58. The molecule has 0 aliphatic carbocycles. The number of carbonyl (C=O) groups is 1. The van der Waals surface area contributed by atoms with Gasteiger partial charge in [-0.1, -0.05) is 36.8 Å². The van der Waals surface area contributed by atoms with Crippen LogP contribution in [0.1, 0.15) is 30.9 Å². The van der Waals surface area contributed by atoms with Gasteiger partial charge in [0, 0.05) is 24.9 Å². The number of carbonyl (C=O) groups excluding carboxylic acids is 1. The summed E-state index contributed by atoms with van der Waals surface area (Å²) >= 11 is 1.72. The number of nitrogens with zero attached hydrogens (tertiary/aromatic N) is 1. The third kappa shape index (κ3) is 5.04. The maximum atomic E-state index is 12.5. The Morgan fingerprint density at radius 2 is 2.33 bits per heavy atom. The quantitative estimate of drug-likeness (QED) is 0.841. The second-order valence-electron chi connectivity index (χ2n) is 5.72. The van der Waals surface area contributed by atoms with E-state index in [1.807, 2.05) is 0 Å². The van der Waals surface area contributed by atoms with Gasteiger partial charge in [-0.05, 0) is 31.9 Å². The Balaban J connectivity index is 1.81. The van der Waals surface area contributed by atoms with Gasteiger partial charge in [-0.25, -0.2) is 0 Å². The molecular formula is C17H26N2OS. The summed E-state index contributed by atoms with van der Waals surface area (Å²) in [6, 6.07) is 8.92. The van der Waals surface area contributed by atoms with Gasteiger partial charge in [-0.2, -0.15) is 0 Å². The Bertz CT molecular complexity index is 458. The number of nitrogens with one attached hydrogen (secondary N) is 1. The smallest absolute Gasteiger partial charge is 0.232 e. The molecule has 1 aliphatic rings. The van der Waals surface area contributed by atoms with Crippen LogP contribution in [0.3, 0.4) is 0 Å². The minimum Gasteiger partial charge on any atom is -0.338 e. The fraction of sp³-hybridized carbons (Fsp3) is 0.588. The molecule has 0 aromatic heterocycles. The van der Waals surface area contributed by atoms with E-state index in [1.165, 1.54) is 11.1 Å². The van der Waals surface area contributed by atoms with E-state index < -0.39 is 0 Å². The highest BCUT2D eigenvalue weighted by Gasteiger charge is 2.25. The van der Waals surface area contributed by atoms with Crippen molar-refractivity contribution in [1.82, 2.24) is 10.2 Å². The molecule has 2 rings (SSSR count). The SMILES string of the molecule is CCCN(C(=O)CSCc1cccc(C)c1)C1CCNC1. The van der Waals surface area contributed by atoms with Gasteiger partial charge in [-0.3, -0.25) is 4.79 Å². The van der Waals surface area contributed by atoms with Gasteiger partial charge >= 0.3 is 0 Å². The fourth-order valence-corrected chi connectivity index (χ4v) is 3.66. The third-order valence-electron chi connectivity index (χ3n) is 3.84. The van der Waals surface area contributed by atoms with E-state index in [9.17, 15) is 4.79 Å². The van der Waals surface area contributed by atoms with Gasteiger partial charge in [0.05, 0.1) is 5.75 Å². The molecule has 1 aliphatic heterocycles. The second kappa shape index (κ2) is 8.44. The van der Waals surface area contributed by atoms with Gasteiger partial charge < -0.3 is 10.2 Å². The molecule has 1 saturated heterocycles. The molecule has 1 aromatic carbocycles. The summed E-state index contributed by atoms with van der Waals surface area (Å²) in [4.78, 5) is 14.5. The lowest BCUT2D eigenvalue weighted by Gasteiger charge is -2.28. The summed E-state index contributed by atoms with van der Waals surface area (Å²) in [7, 11) is 0. The van der Waals surface area contributed by atoms with E-state index in [2.05, 4.69) is 48.3 Å². The van der Waals surface area contributed by atoms with Crippen LogP contribution in [0.4, 0.5) is 0 Å². The van der Waals surface area contributed by atoms with E-state index in [1.54, 1.807) is 11.8 Å². The average Bonchev–Trinajstić information content (AvgIpc) is 2.98. The van der Waals surface area contributed by atoms with E-state index in [0.29, 0.717) is 17.7 Å². The van der Waals surface area contributed by atoms with Crippen LogP contribution in [-0.4, -0.2) is 42.2 Å². The Morgan fingerprint density at radius 1 is 1.48 bits per heavy atom. The van der Waals surface area contributed by atoms with Crippen molar-refractivity contribution >= 4 is 17.7 Å². The first-order valence-corrected chi connectivity index (χ1v) is 8.99. The molecule has 1 fully saturated rings. The largest absolute Gasteiger partial charge is 0.338 e. The van der Waals surface area contributed by atoms with Crippen molar-refractivity contribution < 1.29 is 4.79 Å². The molecule has 1 heterocycles. The van der Waals surface area contributed by atoms with Gasteiger partial charge in [0.1, 0.15) is 0 Å². The van der Waals surface area contributed by atoms with Gasteiger partial charge in [0.25, 0.3) is 0 Å². The molecule has 0 radical (unpaired) electrons. The molecule has 1 unspecified atom stereocenters. The maximum absolute atomic E-state index is 12.5. The average molecular weight is 306 g/mol. The molecule has 3 nitrogen and oxygen atoms in total. The van der Waals surface area contributed by atoms with E-state index in [-0.39, 0.29) is 0 Å². The van der Waals surface area contributed by atoms with Crippen LogP contribution in [0.15, 0.2) is 24.3 Å². The van der Waals surface area contributed by atoms with Crippen molar-refractivity contribution in [2.45, 2.75) is 38.5 Å². The summed E-state index contributed by atoms with van der Waals surface area (Å²) in [6.45, 7) is 7.12. The zero-order valence-electron chi connectivity index (χ0n) is 13.1. The standard InChI is InChI=1S/C17H26N2OS/c1-3-9-19(16-7-8-18-11-16)17(20)13-21-12-15-6-4-5-14(2)10-15/h4-6,10,16,18H,3,7-9,11-13H2,1-2H3. The second-order valence-corrected chi connectivity index (χ2v) is 6.70. The van der Waals surface area contributed by atoms with Crippen LogP contribution in [-0.2, 0) is 10.5 Å². The highest BCUT2D eigenvalue weighted by molar-refractivity contribution is 7.99. The minimum atomic E-state index is 0.295. The molecule has 0 saturated carbocycles. The Labute approximate surface area is 132 Å². The number of benzene rings is 1. The Hall–Kier alpha value is -1.00. The summed E-state index contributed by atoms with van der Waals surface area (Å²) in [5.74, 6) is 1.80. The predicted octanol–water partition coefficient (Wildman–Crippen LogP) is 2.83. The van der Waals surface area contributed by atoms with Gasteiger partial charge in [0.15, 0.2) is 0 Å². The summed E-state index contributed by atoms with van der Waals surface area (Å²) in [6.07, 6.45) is 2.12. The number of hydrogen-bond donors (Lipinski definition) is 1. The topological polar surface area (TPSA) is 32.3 Å². The minimum absolute atomic E-state index is 0.295. The highest BCUT2D eigenvalue weighted by atomic mass is 32.2. The lowest BCUT2D eigenvalue weighted by molar-refractivity contribution is -0.130. The fourth-order valence-electron chi connectivity index (χ4n) is 2.80. The first-order valence-electron chi connectivity index (χ1n) is 7.84. The lowest BCUT2D eigenvalue weighted by Crippen LogP contribution is -2.43. The molecule has 0 spiro atoms. The van der Waals surface area contributed by atoms with Crippen molar-refractivity contribution in [3.05, 3.63) is 35.4 Å². The molecule has 1 amide bonds. The van der Waals surface area contributed by atoms with Crippen LogP contribution < -0.4 is 5.32 Å². The molecule has 0 bridgehead atoms. The van der Waals surface area contributed by atoms with Gasteiger partial charge in [-0.15, -0.1) is 11.8 Å². The molecular weight excluding hydrogens is 280 g/mol. The van der Waals surface area contributed by atoms with Gasteiger partial charge in [0.2, 0.25) is 5.91 Å². The van der Waals surface area contributed by atoms with Crippen LogP contribution in [0.5, 0.6) is 0 Å². The van der Waals surface area contributed by atoms with Crippen LogP contribution in [0, 0.1) is 6.92 Å². The van der Waals surface area contributed by atoms with E-state index in [4.69, 9.17) is 0 Å². The first-order chi connectivity index (χ1) is 10.2. The van der Waals surface area contributed by atoms with Crippen LogP contribution >= 0.6 is 11.8 Å². The zero-order valence-corrected chi connectivity index (χ0v) is 13.9. The summed E-state index contributed by atoms with van der Waals surface area (Å²) in [5, 5.41) is 3.35. The molecule has 1 aromatic rings. The number of thioether (sulfide) groups is 1. The Morgan fingerprint density at radius 3 is 3.00 bits per heavy atom. The van der Waals surface area contributed by atoms with Crippen molar-refractivity contribution in [1.29, 1.82) is 0 Å². The highest BCUT2D eigenvalue weighted by Crippen LogP contribution is 2.16. The maximum Gasteiger partial charge on any atom is 0.232 e. The molecule has 116 valence electrons. The number of hydrogen-bond acceptors (Lipinski definition) is 3. The third-order valence-corrected chi connectivity index (χ3v) is 4.83. The van der Waals surface area contributed by atoms with Crippen LogP contribution in [0.25, 0.3) is 0 Å². The molecule has 21 heavy (non-hydrogen) atoms. The number of aryl methyl sites for hydroxylation is 1. The normalized spacial score (nSPS) is 17.9. The number of amides is 1. The number of rotatable bonds is 7. The van der Waals surface area contributed by atoms with E-state index in [0.717, 1.165) is 38.2 Å². The van der Waals surface area contributed by atoms with Crippen LogP contribution in [0.2, 0.25) is 0 Å². The van der Waals surface area contributed by atoms with Crippen molar-refractivity contribution in [3.63, 3.8) is 0 Å². The molecule has 1 N–H and O–H groups in total. The molecule has 1 atom stereocenters. The van der Waals surface area contributed by atoms with Crippen molar-refractivity contribution in [2.24, 2.45) is 0 Å². The van der Waals surface area contributed by atoms with Crippen molar-refractivity contribution in [3.8, 4) is 0 Å². The Kier molecular flexibility index (Phi) is 6.58. The monoisotopic (exact) mass is 306 g/mol.